The van der Waals surface area contributed by atoms with Crippen LogP contribution in [0.2, 0.25) is 0 Å². The molecular weight excluding hydrogens is 252 g/mol. The summed E-state index contributed by atoms with van der Waals surface area (Å²) in [5.41, 5.74) is 5.58. The Morgan fingerprint density at radius 1 is 1.59 bits per heavy atom. The summed E-state index contributed by atoms with van der Waals surface area (Å²) in [4.78, 5) is 12.2. The molecule has 2 N–H and O–H groups in total. The Labute approximate surface area is 109 Å². The Balaban J connectivity index is 2.32. The molecule has 0 bridgehead atoms. The third kappa shape index (κ3) is 2.53. The van der Waals surface area contributed by atoms with Crippen LogP contribution < -0.4 is 10.6 Å². The quantitative estimate of drug-likeness (QED) is 0.860. The predicted molar refractivity (Wildman–Crippen MR) is 76.7 cm³/mol. The molecule has 6 heteroatoms. The van der Waals surface area contributed by atoms with Crippen molar-refractivity contribution in [3.8, 4) is 0 Å². The van der Waals surface area contributed by atoms with Crippen molar-refractivity contribution in [1.82, 2.24) is 9.97 Å². The molecule has 0 aliphatic heterocycles. The summed E-state index contributed by atoms with van der Waals surface area (Å²) in [6, 6.07) is 2.27. The van der Waals surface area contributed by atoms with Gasteiger partial charge in [-0.05, 0) is 18.4 Å². The van der Waals surface area contributed by atoms with Crippen LogP contribution in [0.5, 0.6) is 0 Å². The van der Waals surface area contributed by atoms with Gasteiger partial charge in [0.1, 0.15) is 17.0 Å². The van der Waals surface area contributed by atoms with Crippen LogP contribution in [0.1, 0.15) is 13.3 Å². The molecule has 0 aliphatic rings. The number of rotatable bonds is 4. The Hall–Kier alpha value is -1.27. The number of fused-ring (bicyclic) bond motifs is 1. The van der Waals surface area contributed by atoms with Gasteiger partial charge in [0.15, 0.2) is 0 Å². The van der Waals surface area contributed by atoms with E-state index < -0.39 is 0 Å². The fourth-order valence-electron chi connectivity index (χ4n) is 1.69. The van der Waals surface area contributed by atoms with E-state index in [1.807, 2.05) is 18.5 Å². The molecule has 0 spiro atoms. The number of nitrogens with two attached hydrogens (primary N) is 1. The summed E-state index contributed by atoms with van der Waals surface area (Å²) in [6.45, 7) is 2.08. The zero-order chi connectivity index (χ0) is 12.4. The van der Waals surface area contributed by atoms with Gasteiger partial charge < -0.3 is 10.6 Å². The number of hydrogen-bond donors (Lipinski definition) is 1. The molecule has 0 saturated heterocycles. The lowest BCUT2D eigenvalue weighted by Gasteiger charge is -2.25. The van der Waals surface area contributed by atoms with Gasteiger partial charge >= 0.3 is 0 Å². The molecule has 2 aromatic rings. The normalized spacial score (nSPS) is 12.6. The molecule has 0 aliphatic carbocycles. The second kappa shape index (κ2) is 4.93. The Morgan fingerprint density at radius 2 is 2.35 bits per heavy atom. The van der Waals surface area contributed by atoms with Crippen LogP contribution in [0.25, 0.3) is 10.2 Å². The van der Waals surface area contributed by atoms with E-state index in [1.165, 1.54) is 0 Å². The highest BCUT2D eigenvalue weighted by molar-refractivity contribution is 7.80. The van der Waals surface area contributed by atoms with Crippen molar-refractivity contribution in [2.75, 3.05) is 11.9 Å². The summed E-state index contributed by atoms with van der Waals surface area (Å²) in [7, 11) is 2.00. The van der Waals surface area contributed by atoms with Crippen molar-refractivity contribution in [2.45, 2.75) is 19.4 Å². The maximum Gasteiger partial charge on any atom is 0.140 e. The average Bonchev–Trinajstić information content (AvgIpc) is 2.74. The van der Waals surface area contributed by atoms with Crippen molar-refractivity contribution in [3.63, 3.8) is 0 Å². The third-order valence-corrected chi connectivity index (χ3v) is 3.72. The molecule has 1 atom stereocenters. The van der Waals surface area contributed by atoms with Gasteiger partial charge in [-0.2, -0.15) is 0 Å². The second-order valence-electron chi connectivity index (χ2n) is 3.97. The highest BCUT2D eigenvalue weighted by Crippen LogP contribution is 2.27. The van der Waals surface area contributed by atoms with Gasteiger partial charge in [0.25, 0.3) is 0 Å². The fourth-order valence-corrected chi connectivity index (χ4v) is 2.66. The van der Waals surface area contributed by atoms with E-state index in [0.29, 0.717) is 11.4 Å². The van der Waals surface area contributed by atoms with E-state index in [2.05, 4.69) is 21.8 Å². The first-order valence-electron chi connectivity index (χ1n) is 5.29. The Kier molecular flexibility index (Phi) is 3.54. The summed E-state index contributed by atoms with van der Waals surface area (Å²) >= 11 is 6.56. The molecule has 0 aromatic carbocycles. The minimum absolute atomic E-state index is 0.227. The fraction of sp³-hybridized carbons (Fsp3) is 0.364. The average molecular weight is 266 g/mol. The summed E-state index contributed by atoms with van der Waals surface area (Å²) in [5, 5.41) is 3.10. The summed E-state index contributed by atoms with van der Waals surface area (Å²) < 4.78 is 0. The molecule has 0 radical (unpaired) electrons. The minimum Gasteiger partial charge on any atom is -0.393 e. The lowest BCUT2D eigenvalue weighted by Crippen LogP contribution is -2.33. The molecule has 0 fully saturated rings. The van der Waals surface area contributed by atoms with E-state index >= 15 is 0 Å². The first-order valence-corrected chi connectivity index (χ1v) is 6.57. The summed E-state index contributed by atoms with van der Waals surface area (Å²) in [6.07, 6.45) is 2.28. The largest absolute Gasteiger partial charge is 0.393 e. The van der Waals surface area contributed by atoms with Gasteiger partial charge in [0.2, 0.25) is 0 Å². The predicted octanol–water partition coefficient (Wildman–Crippen LogP) is 2.19. The van der Waals surface area contributed by atoms with E-state index in [0.717, 1.165) is 16.0 Å². The third-order valence-electron chi connectivity index (χ3n) is 2.73. The van der Waals surface area contributed by atoms with E-state index in [1.54, 1.807) is 17.7 Å². The van der Waals surface area contributed by atoms with Crippen LogP contribution in [0.4, 0.5) is 5.82 Å². The molecule has 4 nitrogen and oxygen atoms in total. The lowest BCUT2D eigenvalue weighted by molar-refractivity contribution is 0.707. The van der Waals surface area contributed by atoms with E-state index in [9.17, 15) is 0 Å². The monoisotopic (exact) mass is 266 g/mol. The number of hydrogen-bond acceptors (Lipinski definition) is 5. The van der Waals surface area contributed by atoms with Crippen molar-refractivity contribution in [2.24, 2.45) is 5.73 Å². The molecule has 2 aromatic heterocycles. The lowest BCUT2D eigenvalue weighted by atomic mass is 10.2. The number of nitrogens with zero attached hydrogens (tertiary/aromatic N) is 3. The topological polar surface area (TPSA) is 55.0 Å². The highest BCUT2D eigenvalue weighted by Gasteiger charge is 2.15. The summed E-state index contributed by atoms with van der Waals surface area (Å²) in [5.74, 6) is 0.931. The highest BCUT2D eigenvalue weighted by atomic mass is 32.1. The number of aromatic nitrogens is 2. The zero-order valence-corrected chi connectivity index (χ0v) is 11.4. The molecule has 0 saturated carbocycles. The van der Waals surface area contributed by atoms with Crippen LogP contribution in [-0.4, -0.2) is 28.0 Å². The van der Waals surface area contributed by atoms with Gasteiger partial charge in [0, 0.05) is 19.5 Å². The number of thiocarbonyl (C=S) groups is 1. The van der Waals surface area contributed by atoms with Crippen LogP contribution in [0.3, 0.4) is 0 Å². The molecule has 2 rings (SSSR count). The molecule has 90 valence electrons. The second-order valence-corrected chi connectivity index (χ2v) is 5.39. The standard InChI is InChI=1S/C11H14N4S2/c1-7(5-9(12)16)15(2)10-8-3-4-17-11(8)14-6-13-10/h3-4,6-7H,5H2,1-2H3,(H2,12,16). The van der Waals surface area contributed by atoms with Gasteiger partial charge in [-0.1, -0.05) is 12.2 Å². The van der Waals surface area contributed by atoms with Crippen molar-refractivity contribution >= 4 is 44.6 Å². The maximum absolute atomic E-state index is 5.58. The van der Waals surface area contributed by atoms with Crippen LogP contribution in [0.15, 0.2) is 17.8 Å². The van der Waals surface area contributed by atoms with Crippen molar-refractivity contribution in [3.05, 3.63) is 17.8 Å². The van der Waals surface area contributed by atoms with Gasteiger partial charge in [-0.25, -0.2) is 9.97 Å². The van der Waals surface area contributed by atoms with E-state index in [4.69, 9.17) is 18.0 Å². The van der Waals surface area contributed by atoms with Crippen LogP contribution in [-0.2, 0) is 0 Å². The maximum atomic E-state index is 5.58. The van der Waals surface area contributed by atoms with Gasteiger partial charge in [0.05, 0.1) is 10.4 Å². The molecule has 1 unspecified atom stereocenters. The zero-order valence-electron chi connectivity index (χ0n) is 9.75. The molecular formula is C11H14N4S2. The Morgan fingerprint density at radius 3 is 3.06 bits per heavy atom. The molecule has 2 heterocycles. The smallest absolute Gasteiger partial charge is 0.140 e. The number of thiophene rings is 1. The van der Waals surface area contributed by atoms with Gasteiger partial charge in [-0.15, -0.1) is 11.3 Å². The van der Waals surface area contributed by atoms with Crippen LogP contribution >= 0.6 is 23.6 Å². The van der Waals surface area contributed by atoms with Crippen molar-refractivity contribution in [1.29, 1.82) is 0 Å². The first-order chi connectivity index (χ1) is 8.09. The van der Waals surface area contributed by atoms with E-state index in [-0.39, 0.29) is 6.04 Å². The SMILES string of the molecule is CC(CC(N)=S)N(C)c1ncnc2sccc12. The van der Waals surface area contributed by atoms with Crippen LogP contribution in [0, 0.1) is 0 Å². The Bertz CT molecular complexity index is 537. The number of anilines is 1. The van der Waals surface area contributed by atoms with Gasteiger partial charge in [-0.3, -0.25) is 0 Å². The minimum atomic E-state index is 0.227. The molecule has 0 amide bonds. The van der Waals surface area contributed by atoms with Crippen molar-refractivity contribution < 1.29 is 0 Å². The molecule has 17 heavy (non-hydrogen) atoms. The first kappa shape index (κ1) is 12.2.